The highest BCUT2D eigenvalue weighted by Gasteiger charge is 2.39. The van der Waals surface area contributed by atoms with Crippen molar-refractivity contribution in [3.8, 4) is 0 Å². The number of carbonyl (C=O) groups is 2. The van der Waals surface area contributed by atoms with Gasteiger partial charge in [0.05, 0.1) is 5.54 Å². The molecule has 5 heteroatoms. The van der Waals surface area contributed by atoms with Gasteiger partial charge in [0, 0.05) is 25.6 Å². The minimum absolute atomic E-state index is 0.0599. The van der Waals surface area contributed by atoms with Gasteiger partial charge in [0.25, 0.3) is 0 Å². The zero-order valence-electron chi connectivity index (χ0n) is 11.9. The molecule has 2 fully saturated rings. The maximum absolute atomic E-state index is 12.5. The predicted octanol–water partition coefficient (Wildman–Crippen LogP) is 0.631. The summed E-state index contributed by atoms with van der Waals surface area (Å²) in [5.74, 6) is 0.605. The van der Waals surface area contributed by atoms with E-state index in [1.807, 2.05) is 18.7 Å². The smallest absolute Gasteiger partial charge is 0.242 e. The number of piperidine rings is 2. The molecule has 0 spiro atoms. The van der Waals surface area contributed by atoms with E-state index in [9.17, 15) is 9.59 Å². The van der Waals surface area contributed by atoms with Gasteiger partial charge in [0.2, 0.25) is 11.8 Å². The highest BCUT2D eigenvalue weighted by Crippen LogP contribution is 2.27. The largest absolute Gasteiger partial charge is 0.353 e. The minimum atomic E-state index is -0.750. The van der Waals surface area contributed by atoms with Gasteiger partial charge in [-0.05, 0) is 32.1 Å². The molecule has 3 atom stereocenters. The average molecular weight is 267 g/mol. The first kappa shape index (κ1) is 14.3. The number of fused-ring (bicyclic) bond motifs is 1. The summed E-state index contributed by atoms with van der Waals surface area (Å²) in [5, 5.41) is 3.03. The molecular formula is C14H25N3O2. The molecule has 19 heavy (non-hydrogen) atoms. The van der Waals surface area contributed by atoms with Crippen LogP contribution in [0.25, 0.3) is 0 Å². The van der Waals surface area contributed by atoms with Gasteiger partial charge in [0.1, 0.15) is 0 Å². The molecule has 2 rings (SSSR count). The zero-order valence-corrected chi connectivity index (χ0v) is 11.9. The van der Waals surface area contributed by atoms with Crippen LogP contribution in [-0.2, 0) is 9.59 Å². The Morgan fingerprint density at radius 3 is 2.95 bits per heavy atom. The lowest BCUT2D eigenvalue weighted by molar-refractivity contribution is -0.140. The molecule has 0 radical (unpaired) electrons. The Labute approximate surface area is 114 Å². The molecule has 3 N–H and O–H groups in total. The van der Waals surface area contributed by atoms with E-state index < -0.39 is 5.54 Å². The summed E-state index contributed by atoms with van der Waals surface area (Å²) in [6.45, 7) is 5.31. The molecule has 2 aliphatic rings. The fourth-order valence-corrected chi connectivity index (χ4v) is 3.28. The van der Waals surface area contributed by atoms with Crippen LogP contribution in [0, 0.1) is 5.92 Å². The molecule has 2 heterocycles. The average Bonchev–Trinajstić information content (AvgIpc) is 2.37. The van der Waals surface area contributed by atoms with E-state index in [0.717, 1.165) is 25.8 Å². The summed E-state index contributed by atoms with van der Waals surface area (Å²) >= 11 is 0. The topological polar surface area (TPSA) is 75.4 Å². The van der Waals surface area contributed by atoms with E-state index in [-0.39, 0.29) is 17.9 Å². The van der Waals surface area contributed by atoms with Crippen molar-refractivity contribution in [3.63, 3.8) is 0 Å². The first-order valence-electron chi connectivity index (χ1n) is 7.31. The van der Waals surface area contributed by atoms with Crippen molar-refractivity contribution in [3.05, 3.63) is 0 Å². The number of nitrogens with one attached hydrogen (secondary N) is 1. The van der Waals surface area contributed by atoms with E-state index >= 15 is 0 Å². The lowest BCUT2D eigenvalue weighted by atomic mass is 9.84. The highest BCUT2D eigenvalue weighted by molar-refractivity contribution is 5.86. The Hall–Kier alpha value is -1.10. The van der Waals surface area contributed by atoms with E-state index in [0.29, 0.717) is 25.3 Å². The number of rotatable bonds is 3. The number of carbonyl (C=O) groups excluding carboxylic acids is 2. The van der Waals surface area contributed by atoms with Crippen LogP contribution in [0.5, 0.6) is 0 Å². The van der Waals surface area contributed by atoms with Crippen LogP contribution in [0.15, 0.2) is 0 Å². The number of likely N-dealkylation sites (tertiary alicyclic amines) is 1. The maximum Gasteiger partial charge on any atom is 0.242 e. The quantitative estimate of drug-likeness (QED) is 0.787. The summed E-state index contributed by atoms with van der Waals surface area (Å²) in [6, 6.07) is 0.250. The lowest BCUT2D eigenvalue weighted by Gasteiger charge is -2.43. The second kappa shape index (κ2) is 5.49. The van der Waals surface area contributed by atoms with E-state index in [2.05, 4.69) is 5.32 Å². The van der Waals surface area contributed by atoms with Crippen molar-refractivity contribution < 1.29 is 9.59 Å². The van der Waals surface area contributed by atoms with Crippen LogP contribution in [0.3, 0.4) is 0 Å². The van der Waals surface area contributed by atoms with Gasteiger partial charge >= 0.3 is 0 Å². The number of nitrogens with zero attached hydrogens (tertiary/aromatic N) is 1. The molecule has 0 aromatic rings. The zero-order chi connectivity index (χ0) is 14.0. The summed E-state index contributed by atoms with van der Waals surface area (Å²) in [4.78, 5) is 25.7. The van der Waals surface area contributed by atoms with Gasteiger partial charge in [-0.1, -0.05) is 13.3 Å². The monoisotopic (exact) mass is 267 g/mol. The van der Waals surface area contributed by atoms with Crippen LogP contribution in [0.2, 0.25) is 0 Å². The van der Waals surface area contributed by atoms with Crippen LogP contribution in [-0.4, -0.2) is 41.4 Å². The van der Waals surface area contributed by atoms with Crippen molar-refractivity contribution >= 4 is 11.8 Å². The molecule has 0 aromatic heterocycles. The summed E-state index contributed by atoms with van der Waals surface area (Å²) in [5.41, 5.74) is 5.38. The van der Waals surface area contributed by atoms with Gasteiger partial charge in [0.15, 0.2) is 0 Å². The van der Waals surface area contributed by atoms with E-state index in [4.69, 9.17) is 5.73 Å². The standard InChI is InChI=1S/C14H25N3O2/c1-3-7-14(2,15)13(19)17-8-6-11-10(9-17)4-5-12(18)16-11/h10-11H,3-9,15H2,1-2H3,(H,16,18). The Bertz CT molecular complexity index is 368. The van der Waals surface area contributed by atoms with Gasteiger partial charge in [-0.2, -0.15) is 0 Å². The fraction of sp³-hybridized carbons (Fsp3) is 0.857. The third-order valence-electron chi connectivity index (χ3n) is 4.37. The van der Waals surface area contributed by atoms with E-state index in [1.54, 1.807) is 0 Å². The van der Waals surface area contributed by atoms with Gasteiger partial charge < -0.3 is 16.0 Å². The third-order valence-corrected chi connectivity index (χ3v) is 4.37. The molecule has 2 amide bonds. The second-order valence-electron chi connectivity index (χ2n) is 6.18. The maximum atomic E-state index is 12.5. The number of hydrogen-bond acceptors (Lipinski definition) is 3. The normalized spacial score (nSPS) is 30.3. The molecule has 2 aliphatic heterocycles. The summed E-state index contributed by atoms with van der Waals surface area (Å²) < 4.78 is 0. The summed E-state index contributed by atoms with van der Waals surface area (Å²) in [6.07, 6.45) is 3.94. The molecule has 3 unspecified atom stereocenters. The second-order valence-corrected chi connectivity index (χ2v) is 6.18. The van der Waals surface area contributed by atoms with Crippen molar-refractivity contribution in [2.45, 2.75) is 57.5 Å². The van der Waals surface area contributed by atoms with Crippen molar-refractivity contribution in [1.29, 1.82) is 0 Å². The van der Waals surface area contributed by atoms with Gasteiger partial charge in [-0.25, -0.2) is 0 Å². The van der Waals surface area contributed by atoms with Crippen LogP contribution in [0.1, 0.15) is 46.0 Å². The molecule has 2 saturated heterocycles. The molecule has 0 aliphatic carbocycles. The Morgan fingerprint density at radius 1 is 1.53 bits per heavy atom. The molecule has 0 aromatic carbocycles. The molecular weight excluding hydrogens is 242 g/mol. The lowest BCUT2D eigenvalue weighted by Crippen LogP contribution is -2.60. The number of amides is 2. The van der Waals surface area contributed by atoms with E-state index in [1.165, 1.54) is 0 Å². The number of nitrogens with two attached hydrogens (primary N) is 1. The molecule has 0 saturated carbocycles. The predicted molar refractivity (Wildman–Crippen MR) is 73.4 cm³/mol. The van der Waals surface area contributed by atoms with Crippen LogP contribution in [0.4, 0.5) is 0 Å². The van der Waals surface area contributed by atoms with Gasteiger partial charge in [-0.3, -0.25) is 9.59 Å². The molecule has 5 nitrogen and oxygen atoms in total. The summed E-state index contributed by atoms with van der Waals surface area (Å²) in [7, 11) is 0. The Balaban J connectivity index is 1.97. The Morgan fingerprint density at radius 2 is 2.26 bits per heavy atom. The van der Waals surface area contributed by atoms with Crippen molar-refractivity contribution in [2.75, 3.05) is 13.1 Å². The molecule has 0 bridgehead atoms. The van der Waals surface area contributed by atoms with Gasteiger partial charge in [-0.15, -0.1) is 0 Å². The fourth-order valence-electron chi connectivity index (χ4n) is 3.28. The first-order valence-corrected chi connectivity index (χ1v) is 7.31. The minimum Gasteiger partial charge on any atom is -0.353 e. The number of hydrogen-bond donors (Lipinski definition) is 2. The SMILES string of the molecule is CCCC(C)(N)C(=O)N1CCC2NC(=O)CCC2C1. The Kier molecular flexibility index (Phi) is 4.13. The molecule has 108 valence electrons. The highest BCUT2D eigenvalue weighted by atomic mass is 16.2. The third kappa shape index (κ3) is 3.08. The van der Waals surface area contributed by atoms with Crippen LogP contribution >= 0.6 is 0 Å². The van der Waals surface area contributed by atoms with Crippen molar-refractivity contribution in [2.24, 2.45) is 11.7 Å². The van der Waals surface area contributed by atoms with Crippen LogP contribution < -0.4 is 11.1 Å². The van der Waals surface area contributed by atoms with Crippen molar-refractivity contribution in [1.82, 2.24) is 10.2 Å². The first-order chi connectivity index (χ1) is 8.94.